The van der Waals surface area contributed by atoms with Gasteiger partial charge in [0.25, 0.3) is 0 Å². The molecule has 0 bridgehead atoms. The van der Waals surface area contributed by atoms with Gasteiger partial charge in [-0.1, -0.05) is 35.1 Å². The fourth-order valence-electron chi connectivity index (χ4n) is 3.12. The molecule has 0 N–H and O–H groups in total. The molecule has 32 heavy (non-hydrogen) atoms. The lowest BCUT2D eigenvalue weighted by Crippen LogP contribution is -1.99. The van der Waals surface area contributed by atoms with Crippen molar-refractivity contribution in [2.45, 2.75) is 10.9 Å². The standard InChI is InChI=1S/C23H15F2N5OS/c24-17-10-6-15(7-11-17)21-26-20(31-29-21)14-32-23-28-27-22(16-8-12-18(25)13-9-16)30(23)19-4-2-1-3-5-19/h1-13H,14H2. The molecule has 0 aliphatic heterocycles. The van der Waals surface area contributed by atoms with Crippen LogP contribution in [0.15, 0.2) is 88.5 Å². The van der Waals surface area contributed by atoms with Crippen molar-refractivity contribution in [2.24, 2.45) is 0 Å². The molecule has 158 valence electrons. The quantitative estimate of drug-likeness (QED) is 0.318. The molecule has 0 saturated heterocycles. The maximum absolute atomic E-state index is 13.4. The van der Waals surface area contributed by atoms with E-state index in [1.165, 1.54) is 36.0 Å². The lowest BCUT2D eigenvalue weighted by Gasteiger charge is -2.09. The molecule has 0 fully saturated rings. The summed E-state index contributed by atoms with van der Waals surface area (Å²) in [6.07, 6.45) is 0. The molecule has 0 atom stereocenters. The summed E-state index contributed by atoms with van der Waals surface area (Å²) in [7, 11) is 0. The van der Waals surface area contributed by atoms with Gasteiger partial charge in [0.1, 0.15) is 11.6 Å². The highest BCUT2D eigenvalue weighted by molar-refractivity contribution is 7.98. The minimum absolute atomic E-state index is 0.317. The third-order valence-corrected chi connectivity index (χ3v) is 5.56. The number of rotatable bonds is 6. The molecule has 9 heteroatoms. The first-order valence-corrected chi connectivity index (χ1v) is 10.6. The van der Waals surface area contributed by atoms with Crippen LogP contribution in [0.5, 0.6) is 0 Å². The number of nitrogens with zero attached hydrogens (tertiary/aromatic N) is 5. The number of hydrogen-bond acceptors (Lipinski definition) is 6. The molecule has 0 amide bonds. The fraction of sp³-hybridized carbons (Fsp3) is 0.0435. The summed E-state index contributed by atoms with van der Waals surface area (Å²) in [5.74, 6) is 1.10. The minimum Gasteiger partial charge on any atom is -0.338 e. The van der Waals surface area contributed by atoms with Gasteiger partial charge in [-0.3, -0.25) is 4.57 Å². The topological polar surface area (TPSA) is 69.6 Å². The van der Waals surface area contributed by atoms with Gasteiger partial charge in [0.15, 0.2) is 11.0 Å². The Bertz CT molecular complexity index is 1340. The predicted molar refractivity (Wildman–Crippen MR) is 116 cm³/mol. The van der Waals surface area contributed by atoms with Crippen LogP contribution in [-0.4, -0.2) is 24.9 Å². The van der Waals surface area contributed by atoms with Gasteiger partial charge >= 0.3 is 0 Å². The van der Waals surface area contributed by atoms with Crippen LogP contribution >= 0.6 is 11.8 Å². The molecule has 0 unspecified atom stereocenters. The van der Waals surface area contributed by atoms with Crippen LogP contribution < -0.4 is 0 Å². The molecule has 0 spiro atoms. The molecule has 5 aromatic rings. The lowest BCUT2D eigenvalue weighted by molar-refractivity contribution is 0.391. The maximum atomic E-state index is 13.4. The van der Waals surface area contributed by atoms with Crippen LogP contribution in [0.3, 0.4) is 0 Å². The molecule has 0 radical (unpaired) electrons. The lowest BCUT2D eigenvalue weighted by atomic mass is 10.2. The van der Waals surface area contributed by atoms with Crippen molar-refractivity contribution in [3.05, 3.63) is 96.4 Å². The smallest absolute Gasteiger partial charge is 0.237 e. The van der Waals surface area contributed by atoms with E-state index in [2.05, 4.69) is 20.3 Å². The van der Waals surface area contributed by atoms with Crippen molar-refractivity contribution in [3.8, 4) is 28.5 Å². The summed E-state index contributed by atoms with van der Waals surface area (Å²) >= 11 is 1.38. The summed E-state index contributed by atoms with van der Waals surface area (Å²) in [4.78, 5) is 4.38. The molecule has 6 nitrogen and oxygen atoms in total. The van der Waals surface area contributed by atoms with Gasteiger partial charge in [-0.25, -0.2) is 8.78 Å². The van der Waals surface area contributed by atoms with Crippen LogP contribution in [-0.2, 0) is 5.75 Å². The van der Waals surface area contributed by atoms with Crippen molar-refractivity contribution >= 4 is 11.8 Å². The highest BCUT2D eigenvalue weighted by Crippen LogP contribution is 2.30. The summed E-state index contributed by atoms with van der Waals surface area (Å²) in [5, 5.41) is 13.3. The van der Waals surface area contributed by atoms with E-state index in [4.69, 9.17) is 4.52 Å². The zero-order valence-corrected chi connectivity index (χ0v) is 17.3. The van der Waals surface area contributed by atoms with E-state index in [1.54, 1.807) is 24.3 Å². The Labute approximate surface area is 185 Å². The first-order chi connectivity index (χ1) is 15.7. The van der Waals surface area contributed by atoms with Gasteiger partial charge in [0.2, 0.25) is 11.7 Å². The largest absolute Gasteiger partial charge is 0.338 e. The summed E-state index contributed by atoms with van der Waals surface area (Å²) < 4.78 is 33.8. The van der Waals surface area contributed by atoms with Crippen LogP contribution in [0.25, 0.3) is 28.5 Å². The van der Waals surface area contributed by atoms with E-state index < -0.39 is 0 Å². The zero-order chi connectivity index (χ0) is 21.9. The average molecular weight is 447 g/mol. The average Bonchev–Trinajstić information content (AvgIpc) is 3.47. The van der Waals surface area contributed by atoms with Gasteiger partial charge in [-0.15, -0.1) is 10.2 Å². The van der Waals surface area contributed by atoms with Crippen LogP contribution in [0.4, 0.5) is 8.78 Å². The minimum atomic E-state index is -0.328. The number of benzene rings is 3. The van der Waals surface area contributed by atoms with Crippen molar-refractivity contribution < 1.29 is 13.3 Å². The Morgan fingerprint density at radius 1 is 0.781 bits per heavy atom. The van der Waals surface area contributed by atoms with Gasteiger partial charge in [-0.05, 0) is 60.7 Å². The molecule has 0 aliphatic carbocycles. The van der Waals surface area contributed by atoms with E-state index in [0.717, 1.165) is 11.3 Å². The Balaban J connectivity index is 1.43. The molecule has 2 heterocycles. The second kappa shape index (κ2) is 8.72. The SMILES string of the molecule is Fc1ccc(-c2noc(CSc3nnc(-c4ccc(F)cc4)n3-c3ccccc3)n2)cc1. The number of para-hydroxylation sites is 1. The number of thioether (sulfide) groups is 1. The normalized spacial score (nSPS) is 11.1. The predicted octanol–water partition coefficient (Wildman–Crippen LogP) is 5.55. The molecule has 0 saturated carbocycles. The molecule has 0 aliphatic rings. The van der Waals surface area contributed by atoms with Gasteiger partial charge < -0.3 is 4.52 Å². The summed E-state index contributed by atoms with van der Waals surface area (Å²) in [5.41, 5.74) is 2.28. The summed E-state index contributed by atoms with van der Waals surface area (Å²) in [6, 6.07) is 21.7. The van der Waals surface area contributed by atoms with Crippen LogP contribution in [0.1, 0.15) is 5.89 Å². The maximum Gasteiger partial charge on any atom is 0.237 e. The second-order valence-electron chi connectivity index (χ2n) is 6.79. The Kier molecular flexibility index (Phi) is 5.47. The Morgan fingerprint density at radius 2 is 1.44 bits per heavy atom. The third-order valence-electron chi connectivity index (χ3n) is 4.65. The third kappa shape index (κ3) is 4.15. The Hall–Kier alpha value is -3.85. The highest BCUT2D eigenvalue weighted by Gasteiger charge is 2.18. The van der Waals surface area contributed by atoms with Crippen molar-refractivity contribution in [2.75, 3.05) is 0 Å². The van der Waals surface area contributed by atoms with E-state index in [-0.39, 0.29) is 11.6 Å². The number of aromatic nitrogens is 5. The first kappa shape index (κ1) is 20.1. The highest BCUT2D eigenvalue weighted by atomic mass is 32.2. The molecule has 2 aromatic heterocycles. The Morgan fingerprint density at radius 3 is 2.12 bits per heavy atom. The fourth-order valence-corrected chi connectivity index (χ4v) is 3.90. The van der Waals surface area contributed by atoms with E-state index in [1.807, 2.05) is 34.9 Å². The van der Waals surface area contributed by atoms with E-state index >= 15 is 0 Å². The van der Waals surface area contributed by atoms with Crippen molar-refractivity contribution in [3.63, 3.8) is 0 Å². The first-order valence-electron chi connectivity index (χ1n) is 9.65. The van der Waals surface area contributed by atoms with Crippen LogP contribution in [0.2, 0.25) is 0 Å². The van der Waals surface area contributed by atoms with Gasteiger partial charge in [0, 0.05) is 16.8 Å². The summed E-state index contributed by atoms with van der Waals surface area (Å²) in [6.45, 7) is 0. The monoisotopic (exact) mass is 447 g/mol. The van der Waals surface area contributed by atoms with Gasteiger partial charge in [0.05, 0.1) is 5.75 Å². The molecule has 3 aromatic carbocycles. The molecular formula is C23H15F2N5OS. The van der Waals surface area contributed by atoms with Crippen molar-refractivity contribution in [1.82, 2.24) is 24.9 Å². The second-order valence-corrected chi connectivity index (χ2v) is 7.73. The van der Waals surface area contributed by atoms with E-state index in [9.17, 15) is 8.78 Å². The molecule has 5 rings (SSSR count). The van der Waals surface area contributed by atoms with E-state index in [0.29, 0.717) is 34.0 Å². The van der Waals surface area contributed by atoms with Crippen molar-refractivity contribution in [1.29, 1.82) is 0 Å². The van der Waals surface area contributed by atoms with Crippen LogP contribution in [0, 0.1) is 11.6 Å². The van der Waals surface area contributed by atoms with Gasteiger partial charge in [-0.2, -0.15) is 4.98 Å². The number of hydrogen-bond donors (Lipinski definition) is 0. The number of halogens is 2. The zero-order valence-electron chi connectivity index (χ0n) is 16.5. The molecular weight excluding hydrogens is 432 g/mol.